The van der Waals surface area contributed by atoms with Crippen LogP contribution in [0, 0.1) is 23.7 Å². The van der Waals surface area contributed by atoms with Crippen molar-refractivity contribution in [2.75, 3.05) is 88.3 Å². The Bertz CT molecular complexity index is 2140. The molecule has 5 heterocycles. The molecule has 58 heavy (non-hydrogen) atoms. The van der Waals surface area contributed by atoms with Crippen molar-refractivity contribution in [3.05, 3.63) is 83.9 Å². The van der Waals surface area contributed by atoms with Crippen molar-refractivity contribution in [3.8, 4) is 0 Å². The first-order valence-electron chi connectivity index (χ1n) is 21.8. The molecule has 0 spiro atoms. The van der Waals surface area contributed by atoms with E-state index in [-0.39, 0.29) is 11.8 Å². The highest BCUT2D eigenvalue weighted by Crippen LogP contribution is 2.36. The Morgan fingerprint density at radius 3 is 1.38 bits per heavy atom. The molecule has 306 valence electrons. The van der Waals surface area contributed by atoms with E-state index in [2.05, 4.69) is 68.1 Å². The fraction of sp³-hybridized carbons (Fsp3) is 0.522. The van der Waals surface area contributed by atoms with Gasteiger partial charge in [-0.05, 0) is 115 Å². The van der Waals surface area contributed by atoms with Gasteiger partial charge in [0.05, 0.1) is 20.5 Å². The van der Waals surface area contributed by atoms with Crippen LogP contribution in [0.25, 0.3) is 20.2 Å². The third-order valence-corrected chi connectivity index (χ3v) is 15.4. The molecular formula is C46H58N8O2S2. The van der Waals surface area contributed by atoms with Gasteiger partial charge in [0.25, 0.3) is 11.8 Å². The summed E-state index contributed by atoms with van der Waals surface area (Å²) < 4.78 is 12.0. The zero-order valence-corrected chi connectivity index (χ0v) is 35.4. The minimum atomic E-state index is -0.117. The van der Waals surface area contributed by atoms with Crippen molar-refractivity contribution < 1.29 is 9.59 Å². The SMILES string of the molecule is NC[C@@H]1CCCC[C@H]1CN1CCN(c2nsc3ccccc23)CC1.O=C1c2ccccc2C(=O)N1C[C@@H]1CCCC[C@H]1CN1CCN(c2nsc3ccccc23)CC1. The summed E-state index contributed by atoms with van der Waals surface area (Å²) in [6.07, 6.45) is 10.2. The normalized spacial score (nSPS) is 24.7. The molecule has 0 bridgehead atoms. The van der Waals surface area contributed by atoms with Crippen molar-refractivity contribution in [3.63, 3.8) is 0 Å². The van der Waals surface area contributed by atoms with E-state index in [1.165, 1.54) is 82.4 Å². The average molecular weight is 819 g/mol. The second kappa shape index (κ2) is 18.1. The van der Waals surface area contributed by atoms with Gasteiger partial charge in [-0.3, -0.25) is 24.3 Å². The molecule has 10 nitrogen and oxygen atoms in total. The number of carbonyl (C=O) groups excluding carboxylic acids is 2. The van der Waals surface area contributed by atoms with Crippen LogP contribution >= 0.6 is 23.1 Å². The summed E-state index contributed by atoms with van der Waals surface area (Å²) in [6, 6.07) is 24.3. The second-order valence-electron chi connectivity index (χ2n) is 17.2. The predicted molar refractivity (Wildman–Crippen MR) is 238 cm³/mol. The summed E-state index contributed by atoms with van der Waals surface area (Å²) in [5, 5.41) is 2.57. The van der Waals surface area contributed by atoms with Crippen LogP contribution < -0.4 is 15.5 Å². The van der Waals surface area contributed by atoms with Crippen molar-refractivity contribution in [2.45, 2.75) is 51.4 Å². The van der Waals surface area contributed by atoms with Gasteiger partial charge in [-0.15, -0.1) is 0 Å². The number of nitrogens with two attached hydrogens (primary N) is 1. The van der Waals surface area contributed by atoms with Gasteiger partial charge in [-0.2, -0.15) is 8.75 Å². The van der Waals surface area contributed by atoms with E-state index < -0.39 is 0 Å². The molecule has 12 heteroatoms. The minimum Gasteiger partial charge on any atom is -0.353 e. The Labute approximate surface area is 351 Å². The fourth-order valence-electron chi connectivity index (χ4n) is 10.4. The molecule has 2 saturated carbocycles. The van der Waals surface area contributed by atoms with Crippen LogP contribution in [0.5, 0.6) is 0 Å². The minimum absolute atomic E-state index is 0.117. The molecular weight excluding hydrogens is 761 g/mol. The number of fused-ring (bicyclic) bond motifs is 3. The number of nitrogens with zero attached hydrogens (tertiary/aromatic N) is 7. The molecule has 0 unspecified atom stereocenters. The van der Waals surface area contributed by atoms with Gasteiger partial charge in [0, 0.05) is 82.8 Å². The summed E-state index contributed by atoms with van der Waals surface area (Å²) in [7, 11) is 0. The van der Waals surface area contributed by atoms with Gasteiger partial charge in [-0.1, -0.05) is 62.1 Å². The number of carbonyl (C=O) groups is 2. The molecule has 4 atom stereocenters. The van der Waals surface area contributed by atoms with Gasteiger partial charge < -0.3 is 15.5 Å². The average Bonchev–Trinajstić information content (AvgIpc) is 3.97. The van der Waals surface area contributed by atoms with Crippen LogP contribution in [0.2, 0.25) is 0 Å². The molecule has 2 aromatic heterocycles. The van der Waals surface area contributed by atoms with Gasteiger partial charge in [0.2, 0.25) is 0 Å². The van der Waals surface area contributed by atoms with Crippen LogP contribution in [-0.2, 0) is 0 Å². The Hall–Kier alpha value is -3.94. The summed E-state index contributed by atoms with van der Waals surface area (Å²) in [6.45, 7) is 12.3. The lowest BCUT2D eigenvalue weighted by Crippen LogP contribution is -2.49. The number of hydrogen-bond acceptors (Lipinski definition) is 11. The predicted octanol–water partition coefficient (Wildman–Crippen LogP) is 7.70. The van der Waals surface area contributed by atoms with E-state index in [9.17, 15) is 9.59 Å². The van der Waals surface area contributed by atoms with Crippen LogP contribution in [0.15, 0.2) is 72.8 Å². The zero-order chi connectivity index (χ0) is 39.4. The monoisotopic (exact) mass is 818 g/mol. The van der Waals surface area contributed by atoms with Gasteiger partial charge in [-0.25, -0.2) is 0 Å². The van der Waals surface area contributed by atoms with Gasteiger partial charge in [0.15, 0.2) is 0 Å². The highest BCUT2D eigenvalue weighted by atomic mass is 32.1. The maximum atomic E-state index is 12.9. The van der Waals surface area contributed by atoms with Crippen LogP contribution in [0.1, 0.15) is 72.1 Å². The lowest BCUT2D eigenvalue weighted by molar-refractivity contribution is 0.0562. The first-order chi connectivity index (χ1) is 28.5. The lowest BCUT2D eigenvalue weighted by Gasteiger charge is -2.40. The zero-order valence-electron chi connectivity index (χ0n) is 33.7. The Morgan fingerprint density at radius 2 is 0.914 bits per heavy atom. The largest absolute Gasteiger partial charge is 0.353 e. The van der Waals surface area contributed by atoms with Crippen molar-refractivity contribution in [1.29, 1.82) is 0 Å². The highest BCUT2D eigenvalue weighted by molar-refractivity contribution is 7.14. The summed E-state index contributed by atoms with van der Waals surface area (Å²) in [4.78, 5) is 37.4. The van der Waals surface area contributed by atoms with Crippen LogP contribution in [0.3, 0.4) is 0 Å². The number of benzene rings is 3. The van der Waals surface area contributed by atoms with Crippen molar-refractivity contribution in [1.82, 2.24) is 23.4 Å². The number of anilines is 2. The number of aromatic nitrogens is 2. The Kier molecular flexibility index (Phi) is 12.4. The number of hydrogen-bond donors (Lipinski definition) is 1. The summed E-state index contributed by atoms with van der Waals surface area (Å²) in [5.74, 6) is 4.56. The van der Waals surface area contributed by atoms with Crippen LogP contribution in [0.4, 0.5) is 11.6 Å². The molecule has 0 radical (unpaired) electrons. The number of piperazine rings is 2. The second-order valence-corrected chi connectivity index (χ2v) is 18.8. The first-order valence-corrected chi connectivity index (χ1v) is 23.4. The van der Waals surface area contributed by atoms with E-state index in [0.29, 0.717) is 29.5 Å². The molecule has 3 aromatic carbocycles. The molecule has 5 aliphatic rings. The van der Waals surface area contributed by atoms with E-state index in [0.717, 1.165) is 89.5 Å². The Balaban J connectivity index is 0.000000160. The third kappa shape index (κ3) is 8.41. The fourth-order valence-corrected chi connectivity index (χ4v) is 12.0. The van der Waals surface area contributed by atoms with E-state index >= 15 is 0 Å². The molecule has 2 N–H and O–H groups in total. The summed E-state index contributed by atoms with van der Waals surface area (Å²) in [5.41, 5.74) is 7.13. The van der Waals surface area contributed by atoms with E-state index in [4.69, 9.17) is 14.5 Å². The number of amides is 2. The topological polar surface area (TPSA) is 102 Å². The third-order valence-electron chi connectivity index (χ3n) is 13.8. The molecule has 2 saturated heterocycles. The lowest BCUT2D eigenvalue weighted by atomic mass is 9.78. The molecule has 10 rings (SSSR count). The van der Waals surface area contributed by atoms with Crippen LogP contribution in [-0.4, -0.2) is 114 Å². The maximum absolute atomic E-state index is 12.9. The van der Waals surface area contributed by atoms with Crippen molar-refractivity contribution in [2.24, 2.45) is 29.4 Å². The molecule has 4 fully saturated rings. The van der Waals surface area contributed by atoms with Crippen molar-refractivity contribution >= 4 is 66.7 Å². The van der Waals surface area contributed by atoms with E-state index in [1.807, 2.05) is 12.1 Å². The van der Waals surface area contributed by atoms with E-state index in [1.54, 1.807) is 35.2 Å². The molecule has 5 aromatic rings. The molecule has 3 aliphatic heterocycles. The quantitative estimate of drug-likeness (QED) is 0.150. The van der Waals surface area contributed by atoms with Gasteiger partial charge >= 0.3 is 0 Å². The smallest absolute Gasteiger partial charge is 0.261 e. The standard InChI is InChI=1S/C27H30N4O2S.C19H28N4S/c32-26-21-9-3-4-10-22(21)27(33)31(26)18-20-8-2-1-7-19(20)17-29-13-15-30(16-14-29)25-23-11-5-6-12-24(23)34-28-25;20-13-15-5-1-2-6-16(15)14-22-9-11-23(12-10-22)19-17-7-3-4-8-18(17)24-21-19/h3-6,9-12,19-20H,1-2,7-8,13-18H2;3-4,7-8,15-16H,1-2,5-6,9-14,20H2/t19-,20-;15-,16-/m00/s1. The number of imide groups is 1. The first kappa shape index (κ1) is 39.5. The number of rotatable bonds is 9. The summed E-state index contributed by atoms with van der Waals surface area (Å²) >= 11 is 3.20. The van der Waals surface area contributed by atoms with Gasteiger partial charge in [0.1, 0.15) is 11.6 Å². The maximum Gasteiger partial charge on any atom is 0.261 e. The Morgan fingerprint density at radius 1 is 0.517 bits per heavy atom. The molecule has 2 amide bonds. The molecule has 2 aliphatic carbocycles. The highest BCUT2D eigenvalue weighted by Gasteiger charge is 2.39.